The molecule has 1 unspecified atom stereocenters. The highest BCUT2D eigenvalue weighted by atomic mass is 32.2. The van der Waals surface area contributed by atoms with Crippen molar-refractivity contribution < 1.29 is 9.32 Å². The smallest absolute Gasteiger partial charge is 0.239 e. The summed E-state index contributed by atoms with van der Waals surface area (Å²) < 4.78 is 5.77. The summed E-state index contributed by atoms with van der Waals surface area (Å²) in [6.07, 6.45) is 6.96. The molecule has 2 N–H and O–H groups in total. The number of hydrogen-bond donors (Lipinski definition) is 2. The number of amides is 1. The normalized spacial score (nSPS) is 16.6. The molecule has 0 aliphatic heterocycles. The number of nitrogens with zero attached hydrogens (tertiary/aromatic N) is 3. The first kappa shape index (κ1) is 18.2. The Hall–Kier alpha value is -1.61. The van der Waals surface area contributed by atoms with Gasteiger partial charge in [0.15, 0.2) is 10.2 Å². The minimum Gasteiger partial charge on any atom is -0.360 e. The molecule has 1 amide bonds. The molecule has 1 saturated carbocycles. The van der Waals surface area contributed by atoms with E-state index in [1.54, 1.807) is 13.0 Å². The number of carbonyl (C=O) groups is 1. The van der Waals surface area contributed by atoms with Crippen LogP contribution in [0, 0.1) is 6.92 Å². The zero-order valence-electron chi connectivity index (χ0n) is 14.4. The van der Waals surface area contributed by atoms with Crippen molar-refractivity contribution in [1.29, 1.82) is 0 Å². The second kappa shape index (κ2) is 8.66. The molecule has 1 aliphatic carbocycles. The molecule has 1 fully saturated rings. The molecule has 0 bridgehead atoms. The molecule has 0 aromatic carbocycles. The quantitative estimate of drug-likeness (QED) is 0.698. The topological polar surface area (TPSA) is 92.9 Å². The van der Waals surface area contributed by atoms with Crippen LogP contribution in [0.1, 0.15) is 51.2 Å². The van der Waals surface area contributed by atoms with Crippen LogP contribution in [0.5, 0.6) is 0 Å². The summed E-state index contributed by atoms with van der Waals surface area (Å²) in [6.45, 7) is 3.77. The number of aryl methyl sites for hydroxylation is 1. The average Bonchev–Trinajstić information content (AvgIpc) is 3.22. The molecule has 136 valence electrons. The summed E-state index contributed by atoms with van der Waals surface area (Å²) in [5.74, 6) is 1.01. The third-order valence-electron chi connectivity index (χ3n) is 4.12. The molecular weight excluding hydrogens is 358 g/mol. The number of aromatic nitrogens is 3. The fourth-order valence-corrected chi connectivity index (χ4v) is 4.81. The van der Waals surface area contributed by atoms with E-state index in [2.05, 4.69) is 26.0 Å². The lowest BCUT2D eigenvalue weighted by atomic mass is 9.96. The fraction of sp³-hybridized carbons (Fsp3) is 0.625. The van der Waals surface area contributed by atoms with Crippen molar-refractivity contribution in [3.8, 4) is 0 Å². The van der Waals surface area contributed by atoms with Crippen molar-refractivity contribution in [2.45, 2.75) is 68.0 Å². The highest BCUT2D eigenvalue weighted by molar-refractivity contribution is 8.02. The van der Waals surface area contributed by atoms with E-state index in [1.807, 2.05) is 6.92 Å². The van der Waals surface area contributed by atoms with Crippen molar-refractivity contribution >= 4 is 40.0 Å². The van der Waals surface area contributed by atoms with Gasteiger partial charge in [-0.1, -0.05) is 54.4 Å². The van der Waals surface area contributed by atoms with Gasteiger partial charge in [0, 0.05) is 12.1 Å². The number of thioether (sulfide) groups is 1. The third kappa shape index (κ3) is 5.18. The molecule has 2 aromatic rings. The van der Waals surface area contributed by atoms with Crippen LogP contribution in [-0.4, -0.2) is 32.6 Å². The van der Waals surface area contributed by atoms with Crippen LogP contribution in [0.3, 0.4) is 0 Å². The molecule has 0 spiro atoms. The van der Waals surface area contributed by atoms with Crippen LogP contribution in [0.4, 0.5) is 10.9 Å². The van der Waals surface area contributed by atoms with E-state index in [0.29, 0.717) is 24.0 Å². The maximum Gasteiger partial charge on any atom is 0.239 e. The molecule has 9 heteroatoms. The summed E-state index contributed by atoms with van der Waals surface area (Å²) in [6, 6.07) is 2.20. The fourth-order valence-electron chi connectivity index (χ4n) is 2.81. The number of rotatable bonds is 7. The van der Waals surface area contributed by atoms with Gasteiger partial charge in [-0.05, 0) is 26.2 Å². The Morgan fingerprint density at radius 1 is 1.40 bits per heavy atom. The maximum atomic E-state index is 12.4. The average molecular weight is 382 g/mol. The van der Waals surface area contributed by atoms with Gasteiger partial charge in [-0.3, -0.25) is 4.79 Å². The van der Waals surface area contributed by atoms with Gasteiger partial charge < -0.3 is 15.2 Å². The van der Waals surface area contributed by atoms with Crippen molar-refractivity contribution in [3.05, 3.63) is 11.8 Å². The molecule has 25 heavy (non-hydrogen) atoms. The van der Waals surface area contributed by atoms with Gasteiger partial charge in [-0.2, -0.15) is 0 Å². The van der Waals surface area contributed by atoms with Gasteiger partial charge in [0.25, 0.3) is 0 Å². The maximum absolute atomic E-state index is 12.4. The number of hydrogen-bond acceptors (Lipinski definition) is 8. The first-order chi connectivity index (χ1) is 12.1. The Kier molecular flexibility index (Phi) is 6.30. The first-order valence-electron chi connectivity index (χ1n) is 8.65. The van der Waals surface area contributed by atoms with Gasteiger partial charge in [-0.15, -0.1) is 10.2 Å². The zero-order chi connectivity index (χ0) is 17.6. The molecule has 2 heterocycles. The Bertz CT molecular complexity index is 696. The second-order valence-corrected chi connectivity index (χ2v) is 8.61. The minimum absolute atomic E-state index is 0.0993. The largest absolute Gasteiger partial charge is 0.360 e. The summed E-state index contributed by atoms with van der Waals surface area (Å²) in [5.41, 5.74) is 0. The van der Waals surface area contributed by atoms with E-state index < -0.39 is 0 Å². The van der Waals surface area contributed by atoms with Gasteiger partial charge in [0.1, 0.15) is 5.76 Å². The van der Waals surface area contributed by atoms with Crippen LogP contribution in [0.15, 0.2) is 14.9 Å². The predicted molar refractivity (Wildman–Crippen MR) is 100 cm³/mol. The lowest BCUT2D eigenvalue weighted by Crippen LogP contribution is -2.24. The standard InChI is InChI=1S/C16H23N5O2S2/c1-3-12(14(22)18-13-9-10(2)23-21-13)24-16-20-19-15(25-16)17-11-7-5-4-6-8-11/h9,11-12H,3-8H2,1-2H3,(H,17,19)(H,18,21,22). The van der Waals surface area contributed by atoms with Crippen LogP contribution in [0.2, 0.25) is 0 Å². The zero-order valence-corrected chi connectivity index (χ0v) is 16.1. The van der Waals surface area contributed by atoms with Gasteiger partial charge in [0.05, 0.1) is 5.25 Å². The predicted octanol–water partition coefficient (Wildman–Crippen LogP) is 4.09. The molecule has 3 rings (SSSR count). The van der Waals surface area contributed by atoms with Crippen LogP contribution >= 0.6 is 23.1 Å². The lowest BCUT2D eigenvalue weighted by Gasteiger charge is -2.21. The lowest BCUT2D eigenvalue weighted by molar-refractivity contribution is -0.115. The molecule has 0 radical (unpaired) electrons. The Morgan fingerprint density at radius 3 is 2.88 bits per heavy atom. The highest BCUT2D eigenvalue weighted by Gasteiger charge is 2.22. The van der Waals surface area contributed by atoms with Crippen LogP contribution in [-0.2, 0) is 4.79 Å². The van der Waals surface area contributed by atoms with E-state index in [-0.39, 0.29) is 11.2 Å². The molecule has 1 atom stereocenters. The van der Waals surface area contributed by atoms with Crippen molar-refractivity contribution in [2.24, 2.45) is 0 Å². The van der Waals surface area contributed by atoms with Gasteiger partial charge in [0.2, 0.25) is 11.0 Å². The minimum atomic E-state index is -0.243. The van der Waals surface area contributed by atoms with Gasteiger partial charge >= 0.3 is 0 Å². The van der Waals surface area contributed by atoms with Crippen LogP contribution < -0.4 is 10.6 Å². The van der Waals surface area contributed by atoms with E-state index in [9.17, 15) is 4.79 Å². The summed E-state index contributed by atoms with van der Waals surface area (Å²) >= 11 is 2.95. The van der Waals surface area contributed by atoms with Crippen molar-refractivity contribution in [1.82, 2.24) is 15.4 Å². The Balaban J connectivity index is 1.55. The summed E-state index contributed by atoms with van der Waals surface area (Å²) in [7, 11) is 0. The number of nitrogens with one attached hydrogen (secondary N) is 2. The van der Waals surface area contributed by atoms with E-state index in [4.69, 9.17) is 4.52 Å². The SMILES string of the molecule is CCC(Sc1nnc(NC2CCCCC2)s1)C(=O)Nc1cc(C)on1. The first-order valence-corrected chi connectivity index (χ1v) is 10.3. The van der Waals surface area contributed by atoms with Gasteiger partial charge in [-0.25, -0.2) is 0 Å². The van der Waals surface area contributed by atoms with Crippen molar-refractivity contribution in [3.63, 3.8) is 0 Å². The Labute approximate surface area is 155 Å². The van der Waals surface area contributed by atoms with Crippen LogP contribution in [0.25, 0.3) is 0 Å². The Morgan fingerprint density at radius 2 is 2.20 bits per heavy atom. The third-order valence-corrected chi connectivity index (χ3v) is 6.43. The molecular formula is C16H23N5O2S2. The summed E-state index contributed by atoms with van der Waals surface area (Å²) in [5, 5.41) is 19.1. The van der Waals surface area contributed by atoms with E-state index in [0.717, 1.165) is 9.47 Å². The van der Waals surface area contributed by atoms with E-state index in [1.165, 1.54) is 55.2 Å². The highest BCUT2D eigenvalue weighted by Crippen LogP contribution is 2.32. The molecule has 0 saturated heterocycles. The second-order valence-electron chi connectivity index (χ2n) is 6.18. The number of carbonyl (C=O) groups excluding carboxylic acids is 1. The summed E-state index contributed by atoms with van der Waals surface area (Å²) in [4.78, 5) is 12.4. The number of anilines is 2. The molecule has 7 nitrogen and oxygen atoms in total. The van der Waals surface area contributed by atoms with E-state index >= 15 is 0 Å². The molecule has 1 aliphatic rings. The van der Waals surface area contributed by atoms with Crippen molar-refractivity contribution in [2.75, 3.05) is 10.6 Å². The molecule has 2 aromatic heterocycles. The monoisotopic (exact) mass is 381 g/mol.